The molecule has 166 valence electrons. The number of carbonyl (C=O) groups excluding carboxylic acids is 2. The zero-order chi connectivity index (χ0) is 23.2. The van der Waals surface area contributed by atoms with Crippen LogP contribution in [-0.2, 0) is 16.1 Å². The summed E-state index contributed by atoms with van der Waals surface area (Å²) in [6, 6.07) is 23.8. The summed E-state index contributed by atoms with van der Waals surface area (Å²) in [7, 11) is 0. The van der Waals surface area contributed by atoms with Crippen molar-refractivity contribution < 1.29 is 14.3 Å². The number of halogens is 2. The Morgan fingerprint density at radius 2 is 1.64 bits per heavy atom. The molecule has 4 rings (SSSR count). The average molecular weight is 480 g/mol. The minimum absolute atomic E-state index is 0.188. The summed E-state index contributed by atoms with van der Waals surface area (Å²) < 4.78 is 6.89. The molecule has 1 N–H and O–H groups in total. The number of ether oxygens (including phenoxy) is 1. The zero-order valence-electron chi connectivity index (χ0n) is 17.4. The molecule has 0 radical (unpaired) electrons. The number of hydrogen-bond donors (Lipinski definition) is 1. The van der Waals surface area contributed by atoms with Crippen LogP contribution in [0.5, 0.6) is 0 Å². The molecule has 0 saturated heterocycles. The van der Waals surface area contributed by atoms with Gasteiger partial charge in [0.15, 0.2) is 6.61 Å². The lowest BCUT2D eigenvalue weighted by Gasteiger charge is -2.08. The quantitative estimate of drug-likeness (QED) is 0.364. The van der Waals surface area contributed by atoms with Crippen molar-refractivity contribution in [3.05, 3.63) is 106 Å². The van der Waals surface area contributed by atoms with Crippen LogP contribution in [0.4, 0.5) is 0 Å². The zero-order valence-corrected chi connectivity index (χ0v) is 18.9. The summed E-state index contributed by atoms with van der Waals surface area (Å²) in [5, 5.41) is 8.21. The molecule has 1 amide bonds. The Bertz CT molecular complexity index is 1270. The van der Waals surface area contributed by atoms with Crippen molar-refractivity contribution in [2.75, 3.05) is 6.61 Å². The molecule has 0 unspecified atom stereocenters. The van der Waals surface area contributed by atoms with Gasteiger partial charge in [-0.1, -0.05) is 77.8 Å². The Morgan fingerprint density at radius 1 is 0.939 bits per heavy atom. The first-order chi connectivity index (χ1) is 16.0. The molecule has 4 aromatic rings. The Balaban J connectivity index is 1.47. The first-order valence-electron chi connectivity index (χ1n) is 10.1. The molecule has 0 fully saturated rings. The molecule has 6 nitrogen and oxygen atoms in total. The molecule has 8 heteroatoms. The van der Waals surface area contributed by atoms with Crippen molar-refractivity contribution in [1.82, 2.24) is 15.1 Å². The predicted molar refractivity (Wildman–Crippen MR) is 128 cm³/mol. The van der Waals surface area contributed by atoms with Crippen LogP contribution in [0.3, 0.4) is 0 Å². The number of nitrogens with zero attached hydrogens (tertiary/aromatic N) is 2. The highest BCUT2D eigenvalue weighted by Crippen LogP contribution is 2.24. The highest BCUT2D eigenvalue weighted by molar-refractivity contribution is 6.35. The second-order valence-electron chi connectivity index (χ2n) is 7.13. The number of rotatable bonds is 7. The average Bonchev–Trinajstić information content (AvgIpc) is 3.29. The maximum Gasteiger partial charge on any atom is 0.342 e. The van der Waals surface area contributed by atoms with Crippen LogP contribution < -0.4 is 5.32 Å². The number of para-hydroxylation sites is 1. The molecular weight excluding hydrogens is 461 g/mol. The minimum atomic E-state index is -0.643. The van der Waals surface area contributed by atoms with Gasteiger partial charge in [-0.05, 0) is 29.8 Å². The molecule has 1 heterocycles. The molecule has 0 spiro atoms. The minimum Gasteiger partial charge on any atom is -0.452 e. The van der Waals surface area contributed by atoms with Crippen molar-refractivity contribution in [1.29, 1.82) is 0 Å². The fraction of sp³-hybridized carbons (Fsp3) is 0.0800. The van der Waals surface area contributed by atoms with Gasteiger partial charge in [0.25, 0.3) is 5.91 Å². The van der Waals surface area contributed by atoms with E-state index < -0.39 is 18.5 Å². The molecule has 0 aliphatic carbocycles. The van der Waals surface area contributed by atoms with Crippen LogP contribution in [0.1, 0.15) is 15.9 Å². The number of esters is 1. The molecule has 1 aromatic heterocycles. The van der Waals surface area contributed by atoms with Crippen LogP contribution in [-0.4, -0.2) is 28.3 Å². The lowest BCUT2D eigenvalue weighted by atomic mass is 10.1. The molecule has 0 bridgehead atoms. The second kappa shape index (κ2) is 10.3. The number of hydrogen-bond acceptors (Lipinski definition) is 4. The number of amides is 1. The summed E-state index contributed by atoms with van der Waals surface area (Å²) in [6.45, 7) is -0.248. The van der Waals surface area contributed by atoms with E-state index in [9.17, 15) is 9.59 Å². The topological polar surface area (TPSA) is 73.2 Å². The third-order valence-electron chi connectivity index (χ3n) is 4.83. The van der Waals surface area contributed by atoms with Gasteiger partial charge in [0.1, 0.15) is 11.3 Å². The number of nitrogens with one attached hydrogen (secondary N) is 1. The fourth-order valence-electron chi connectivity index (χ4n) is 3.16. The second-order valence-corrected chi connectivity index (χ2v) is 7.97. The SMILES string of the molecule is O=C(COC(=O)c1cn(-c2ccccc2)nc1-c1ccccc1)NCc1ccc(Cl)cc1Cl. The van der Waals surface area contributed by atoms with Gasteiger partial charge < -0.3 is 10.1 Å². The number of aromatic nitrogens is 2. The van der Waals surface area contributed by atoms with Crippen molar-refractivity contribution in [2.45, 2.75) is 6.54 Å². The first-order valence-corrected chi connectivity index (χ1v) is 10.8. The monoisotopic (exact) mass is 479 g/mol. The first kappa shape index (κ1) is 22.6. The molecular formula is C25H19Cl2N3O3. The summed E-state index contributed by atoms with van der Waals surface area (Å²) in [4.78, 5) is 25.1. The molecule has 0 atom stereocenters. The number of carbonyl (C=O) groups is 2. The molecule has 0 aliphatic heterocycles. The van der Waals surface area contributed by atoms with E-state index in [2.05, 4.69) is 10.4 Å². The maximum atomic E-state index is 12.9. The lowest BCUT2D eigenvalue weighted by molar-refractivity contribution is -0.124. The van der Waals surface area contributed by atoms with Crippen LogP contribution in [0, 0.1) is 0 Å². The molecule has 0 aliphatic rings. The van der Waals surface area contributed by atoms with Gasteiger partial charge in [0, 0.05) is 28.4 Å². The van der Waals surface area contributed by atoms with Crippen molar-refractivity contribution in [2.24, 2.45) is 0 Å². The largest absolute Gasteiger partial charge is 0.452 e. The molecule has 0 saturated carbocycles. The fourth-order valence-corrected chi connectivity index (χ4v) is 3.64. The van der Waals surface area contributed by atoms with Gasteiger partial charge in [0.05, 0.1) is 5.69 Å². The van der Waals surface area contributed by atoms with E-state index in [1.807, 2.05) is 60.7 Å². The van der Waals surface area contributed by atoms with Crippen molar-refractivity contribution in [3.63, 3.8) is 0 Å². The van der Waals surface area contributed by atoms with Crippen LogP contribution in [0.15, 0.2) is 85.1 Å². The van der Waals surface area contributed by atoms with Crippen LogP contribution in [0.2, 0.25) is 10.0 Å². The van der Waals surface area contributed by atoms with E-state index in [0.717, 1.165) is 11.3 Å². The third-order valence-corrected chi connectivity index (χ3v) is 5.41. The van der Waals surface area contributed by atoms with Crippen LogP contribution >= 0.6 is 23.2 Å². The van der Waals surface area contributed by atoms with E-state index in [4.69, 9.17) is 27.9 Å². The van der Waals surface area contributed by atoms with Crippen molar-refractivity contribution >= 4 is 35.1 Å². The van der Waals surface area contributed by atoms with E-state index in [1.54, 1.807) is 29.1 Å². The highest BCUT2D eigenvalue weighted by atomic mass is 35.5. The van der Waals surface area contributed by atoms with Gasteiger partial charge >= 0.3 is 5.97 Å². The molecule has 3 aromatic carbocycles. The third kappa shape index (κ3) is 5.61. The van der Waals surface area contributed by atoms with Gasteiger partial charge in [-0.3, -0.25) is 4.79 Å². The van der Waals surface area contributed by atoms with E-state index in [0.29, 0.717) is 21.3 Å². The normalized spacial score (nSPS) is 10.6. The lowest BCUT2D eigenvalue weighted by Crippen LogP contribution is -2.28. The Labute approximate surface area is 200 Å². The summed E-state index contributed by atoms with van der Waals surface area (Å²) in [5.74, 6) is -1.10. The standard InChI is InChI=1S/C25H19Cl2N3O3/c26-19-12-11-18(22(27)13-19)14-28-23(31)16-33-25(32)21-15-30(20-9-5-2-6-10-20)29-24(21)17-7-3-1-4-8-17/h1-13,15H,14,16H2,(H,28,31). The maximum absolute atomic E-state index is 12.9. The van der Waals surface area contributed by atoms with Gasteiger partial charge in [-0.15, -0.1) is 0 Å². The van der Waals surface area contributed by atoms with Gasteiger partial charge in [-0.2, -0.15) is 5.10 Å². The van der Waals surface area contributed by atoms with E-state index in [-0.39, 0.29) is 12.1 Å². The Hall–Kier alpha value is -3.61. The number of benzene rings is 3. The van der Waals surface area contributed by atoms with Gasteiger partial charge in [-0.25, -0.2) is 9.48 Å². The predicted octanol–water partition coefficient (Wildman–Crippen LogP) is 5.32. The van der Waals surface area contributed by atoms with Crippen LogP contribution in [0.25, 0.3) is 16.9 Å². The Kier molecular flexibility index (Phi) is 7.07. The molecule has 33 heavy (non-hydrogen) atoms. The van der Waals surface area contributed by atoms with E-state index >= 15 is 0 Å². The summed E-state index contributed by atoms with van der Waals surface area (Å²) in [6.07, 6.45) is 1.60. The van der Waals surface area contributed by atoms with Gasteiger partial charge in [0.2, 0.25) is 0 Å². The smallest absolute Gasteiger partial charge is 0.342 e. The van der Waals surface area contributed by atoms with Crippen molar-refractivity contribution in [3.8, 4) is 16.9 Å². The summed E-state index contributed by atoms with van der Waals surface area (Å²) in [5.41, 5.74) is 3.00. The summed E-state index contributed by atoms with van der Waals surface area (Å²) >= 11 is 12.0. The highest BCUT2D eigenvalue weighted by Gasteiger charge is 2.21. The Morgan fingerprint density at radius 3 is 2.33 bits per heavy atom. The van der Waals surface area contributed by atoms with E-state index in [1.165, 1.54) is 0 Å².